The topological polar surface area (TPSA) is 126 Å². The molecule has 0 aromatic heterocycles. The minimum Gasteiger partial charge on any atom is -0.497 e. The number of nitrogens with zero attached hydrogens (tertiary/aromatic N) is 1. The lowest BCUT2D eigenvalue weighted by Gasteiger charge is -2.26. The molecule has 0 radical (unpaired) electrons. The molecule has 13 heteroatoms. The number of anilines is 3. The van der Waals surface area contributed by atoms with Gasteiger partial charge < -0.3 is 20.1 Å². The summed E-state index contributed by atoms with van der Waals surface area (Å²) in [5.74, 6) is 0.622. The SMILES string of the molecule is COc1ccc(NS(=O)(=O)c2ccc(NC(=S)Nc3ccc(S(=O)(=O)N4CCOCC4)cc3)cc2)cc1. The van der Waals surface area contributed by atoms with E-state index in [0.717, 1.165) is 0 Å². The van der Waals surface area contributed by atoms with Gasteiger partial charge >= 0.3 is 0 Å². The monoisotopic (exact) mass is 562 g/mol. The fourth-order valence-electron chi connectivity index (χ4n) is 3.53. The Kier molecular flexibility index (Phi) is 8.29. The zero-order valence-electron chi connectivity index (χ0n) is 19.9. The van der Waals surface area contributed by atoms with Crippen LogP contribution in [0, 0.1) is 0 Å². The fraction of sp³-hybridized carbons (Fsp3) is 0.208. The molecule has 0 amide bonds. The van der Waals surface area contributed by atoms with E-state index in [1.807, 2.05) is 0 Å². The Morgan fingerprint density at radius 3 is 1.78 bits per heavy atom. The average Bonchev–Trinajstić information content (AvgIpc) is 2.90. The van der Waals surface area contributed by atoms with Crippen LogP contribution in [0.15, 0.2) is 82.6 Å². The van der Waals surface area contributed by atoms with E-state index in [1.165, 1.54) is 35.7 Å². The summed E-state index contributed by atoms with van der Waals surface area (Å²) in [7, 11) is -5.82. The van der Waals surface area contributed by atoms with Crippen LogP contribution in [0.1, 0.15) is 0 Å². The lowest BCUT2D eigenvalue weighted by molar-refractivity contribution is 0.0730. The molecule has 0 unspecified atom stereocenters. The minimum atomic E-state index is -3.78. The molecule has 1 saturated heterocycles. The van der Waals surface area contributed by atoms with Crippen molar-refractivity contribution in [1.29, 1.82) is 0 Å². The lowest BCUT2D eigenvalue weighted by Crippen LogP contribution is -2.40. The summed E-state index contributed by atoms with van der Waals surface area (Å²) >= 11 is 5.34. The van der Waals surface area contributed by atoms with Crippen LogP contribution < -0.4 is 20.1 Å². The zero-order valence-corrected chi connectivity index (χ0v) is 22.3. The second kappa shape index (κ2) is 11.4. The van der Waals surface area contributed by atoms with E-state index < -0.39 is 20.0 Å². The number of methoxy groups -OCH3 is 1. The Labute approximate surface area is 221 Å². The molecule has 1 heterocycles. The van der Waals surface area contributed by atoms with Gasteiger partial charge in [-0.15, -0.1) is 0 Å². The number of benzene rings is 3. The molecule has 3 aromatic carbocycles. The van der Waals surface area contributed by atoms with Gasteiger partial charge in [-0.3, -0.25) is 4.72 Å². The van der Waals surface area contributed by atoms with Crippen LogP contribution in [0.25, 0.3) is 0 Å². The van der Waals surface area contributed by atoms with E-state index in [-0.39, 0.29) is 14.9 Å². The molecule has 0 atom stereocenters. The molecule has 0 aliphatic carbocycles. The quantitative estimate of drug-likeness (QED) is 0.355. The van der Waals surface area contributed by atoms with Crippen LogP contribution in [-0.2, 0) is 24.8 Å². The number of hydrogen-bond donors (Lipinski definition) is 3. The van der Waals surface area contributed by atoms with Gasteiger partial charge in [0.2, 0.25) is 10.0 Å². The van der Waals surface area contributed by atoms with Gasteiger partial charge in [0, 0.05) is 30.2 Å². The first kappa shape index (κ1) is 26.8. The van der Waals surface area contributed by atoms with Crippen molar-refractivity contribution >= 4 is 54.4 Å². The third-order valence-corrected chi connectivity index (χ3v) is 9.00. The van der Waals surface area contributed by atoms with E-state index >= 15 is 0 Å². The lowest BCUT2D eigenvalue weighted by atomic mass is 10.3. The molecule has 3 N–H and O–H groups in total. The Morgan fingerprint density at radius 1 is 0.784 bits per heavy atom. The predicted octanol–water partition coefficient (Wildman–Crippen LogP) is 3.33. The Morgan fingerprint density at radius 2 is 1.27 bits per heavy atom. The van der Waals surface area contributed by atoms with Crippen molar-refractivity contribution in [1.82, 2.24) is 4.31 Å². The van der Waals surface area contributed by atoms with E-state index in [9.17, 15) is 16.8 Å². The summed E-state index contributed by atoms with van der Waals surface area (Å²) in [6, 6.07) is 18.9. The molecule has 37 heavy (non-hydrogen) atoms. The van der Waals surface area contributed by atoms with Crippen LogP contribution >= 0.6 is 12.2 Å². The van der Waals surface area contributed by atoms with Crippen molar-refractivity contribution in [3.8, 4) is 5.75 Å². The number of ether oxygens (including phenoxy) is 2. The van der Waals surface area contributed by atoms with Gasteiger partial charge in [0.1, 0.15) is 5.75 Å². The highest BCUT2D eigenvalue weighted by molar-refractivity contribution is 7.92. The van der Waals surface area contributed by atoms with Crippen molar-refractivity contribution < 1.29 is 26.3 Å². The Balaban J connectivity index is 1.34. The summed E-state index contributed by atoms with van der Waals surface area (Å²) in [4.78, 5) is 0.281. The highest BCUT2D eigenvalue weighted by Crippen LogP contribution is 2.22. The van der Waals surface area contributed by atoms with Gasteiger partial charge in [-0.2, -0.15) is 4.31 Å². The van der Waals surface area contributed by atoms with Gasteiger partial charge in [0.05, 0.1) is 30.1 Å². The molecule has 1 aliphatic heterocycles. The van der Waals surface area contributed by atoms with Crippen LogP contribution in [0.4, 0.5) is 17.1 Å². The number of morpholine rings is 1. The predicted molar refractivity (Wildman–Crippen MR) is 146 cm³/mol. The molecule has 1 fully saturated rings. The molecular weight excluding hydrogens is 536 g/mol. The highest BCUT2D eigenvalue weighted by atomic mass is 32.2. The van der Waals surface area contributed by atoms with Gasteiger partial charge in [-0.25, -0.2) is 16.8 Å². The molecule has 1 aliphatic rings. The fourth-order valence-corrected chi connectivity index (χ4v) is 6.23. The molecular formula is C24H26N4O6S3. The summed E-state index contributed by atoms with van der Waals surface area (Å²) in [6.45, 7) is 1.41. The summed E-state index contributed by atoms with van der Waals surface area (Å²) in [6.07, 6.45) is 0. The number of rotatable bonds is 8. The standard InChI is InChI=1S/C24H26N4O6S3/c1-33-21-8-2-20(3-9-21)27-36(29,30)22-10-4-18(5-11-22)25-24(35)26-19-6-12-23(13-7-19)37(31,32)28-14-16-34-17-15-28/h2-13,27H,14-17H2,1H3,(H2,25,26,35). The van der Waals surface area contributed by atoms with Crippen LogP contribution in [0.5, 0.6) is 5.75 Å². The van der Waals surface area contributed by atoms with Crippen LogP contribution in [0.3, 0.4) is 0 Å². The van der Waals surface area contributed by atoms with Crippen molar-refractivity contribution in [3.05, 3.63) is 72.8 Å². The van der Waals surface area contributed by atoms with Gasteiger partial charge in [0.15, 0.2) is 5.11 Å². The molecule has 0 bridgehead atoms. The summed E-state index contributed by atoms with van der Waals surface area (Å²) in [5, 5.41) is 6.23. The first-order chi connectivity index (χ1) is 17.7. The smallest absolute Gasteiger partial charge is 0.261 e. The normalized spacial score (nSPS) is 14.5. The van der Waals surface area contributed by atoms with Crippen molar-refractivity contribution in [2.75, 3.05) is 48.8 Å². The van der Waals surface area contributed by atoms with E-state index in [0.29, 0.717) is 49.1 Å². The minimum absolute atomic E-state index is 0.0878. The highest BCUT2D eigenvalue weighted by Gasteiger charge is 2.26. The second-order valence-corrected chi connectivity index (χ2v) is 12.0. The maximum atomic E-state index is 12.7. The maximum Gasteiger partial charge on any atom is 0.261 e. The van der Waals surface area contributed by atoms with Crippen molar-refractivity contribution in [2.45, 2.75) is 9.79 Å². The molecule has 10 nitrogen and oxygen atoms in total. The Bertz CT molecular complexity index is 1440. The second-order valence-electron chi connectivity index (χ2n) is 7.98. The molecule has 3 aromatic rings. The first-order valence-electron chi connectivity index (χ1n) is 11.2. The van der Waals surface area contributed by atoms with Crippen LogP contribution in [0.2, 0.25) is 0 Å². The number of sulfonamides is 2. The largest absolute Gasteiger partial charge is 0.497 e. The zero-order chi connectivity index (χ0) is 26.5. The van der Waals surface area contributed by atoms with Crippen LogP contribution in [-0.4, -0.2) is 59.7 Å². The van der Waals surface area contributed by atoms with E-state index in [4.69, 9.17) is 21.7 Å². The van der Waals surface area contributed by atoms with Crippen molar-refractivity contribution in [3.63, 3.8) is 0 Å². The van der Waals surface area contributed by atoms with E-state index in [1.54, 1.807) is 48.5 Å². The van der Waals surface area contributed by atoms with Crippen molar-refractivity contribution in [2.24, 2.45) is 0 Å². The summed E-state index contributed by atoms with van der Waals surface area (Å²) < 4.78 is 65.1. The van der Waals surface area contributed by atoms with Gasteiger partial charge in [0.25, 0.3) is 10.0 Å². The van der Waals surface area contributed by atoms with E-state index in [2.05, 4.69) is 15.4 Å². The number of hydrogen-bond acceptors (Lipinski definition) is 7. The summed E-state index contributed by atoms with van der Waals surface area (Å²) in [5.41, 5.74) is 1.59. The molecule has 0 saturated carbocycles. The molecule has 0 spiro atoms. The maximum absolute atomic E-state index is 12.7. The first-order valence-corrected chi connectivity index (χ1v) is 14.5. The Hall–Kier alpha value is -3.23. The van der Waals surface area contributed by atoms with Gasteiger partial charge in [-0.1, -0.05) is 0 Å². The third-order valence-electron chi connectivity index (χ3n) is 5.48. The third kappa shape index (κ3) is 6.76. The number of nitrogens with one attached hydrogen (secondary N) is 3. The van der Waals surface area contributed by atoms with Gasteiger partial charge in [-0.05, 0) is 85.0 Å². The average molecular weight is 563 g/mol. The number of thiocarbonyl (C=S) groups is 1. The molecule has 196 valence electrons. The molecule has 4 rings (SSSR count).